The lowest BCUT2D eigenvalue weighted by molar-refractivity contribution is -0.360. The van der Waals surface area contributed by atoms with Gasteiger partial charge in [0.25, 0.3) is 0 Å². The minimum Gasteiger partial charge on any atom is -0.463 e. The van der Waals surface area contributed by atoms with Crippen molar-refractivity contribution in [2.75, 3.05) is 6.61 Å². The number of aliphatic hydroxyl groups is 1. The maximum atomic E-state index is 14.9. The Labute approximate surface area is 606 Å². The molecule has 1 heterocycles. The van der Waals surface area contributed by atoms with E-state index in [0.717, 1.165) is 71.9 Å². The first-order valence-corrected chi connectivity index (χ1v) is 39.1. The van der Waals surface area contributed by atoms with Gasteiger partial charge in [0.2, 0.25) is 0 Å². The van der Waals surface area contributed by atoms with Crippen LogP contribution in [0.1, 0.15) is 240 Å². The minimum absolute atomic E-state index is 0.0981. The summed E-state index contributed by atoms with van der Waals surface area (Å²) in [5.74, 6) is -0.806. The highest BCUT2D eigenvalue weighted by atomic mass is 16.7. The molecule has 8 rings (SSSR count). The molecule has 2 fully saturated rings. The summed E-state index contributed by atoms with van der Waals surface area (Å²) < 4.78 is 70.3. The number of benzene rings is 6. The van der Waals surface area contributed by atoms with Crippen molar-refractivity contribution in [3.05, 3.63) is 215 Å². The number of ether oxygens (including phenoxy) is 10. The molecule has 0 aromatic heterocycles. The fourth-order valence-electron chi connectivity index (χ4n) is 13.8. The smallest absolute Gasteiger partial charge is 0.306 e. The van der Waals surface area contributed by atoms with E-state index < -0.39 is 73.3 Å². The normalized spacial score (nSPS) is 21.3. The summed E-state index contributed by atoms with van der Waals surface area (Å²) in [4.78, 5) is 28.9. The highest BCUT2D eigenvalue weighted by Gasteiger charge is 2.58. The van der Waals surface area contributed by atoms with Crippen LogP contribution < -0.4 is 0 Å². The minimum atomic E-state index is -1.54. The highest BCUT2D eigenvalue weighted by molar-refractivity contribution is 5.70. The molecule has 1 N–H and O–H groups in total. The molecule has 2 aliphatic rings. The Morgan fingerprint density at radius 1 is 0.307 bits per heavy atom. The van der Waals surface area contributed by atoms with Gasteiger partial charge in [-0.25, -0.2) is 0 Å². The Kier molecular flexibility index (Phi) is 39.5. The molecule has 6 aromatic rings. The predicted molar refractivity (Wildman–Crippen MR) is 400 cm³/mol. The third kappa shape index (κ3) is 30.6. The number of hydrogen-bond donors (Lipinski definition) is 1. The molecular weight excluding hydrogens is 1260 g/mol. The average Bonchev–Trinajstić information content (AvgIpc) is 0.760. The van der Waals surface area contributed by atoms with Crippen molar-refractivity contribution in [2.45, 2.75) is 313 Å². The number of unbranched alkanes of at least 4 members (excludes halogenated alkanes) is 26. The van der Waals surface area contributed by atoms with Crippen LogP contribution in [0.5, 0.6) is 0 Å². The Balaban J connectivity index is 1.10. The molecular formula is C88H122O13. The van der Waals surface area contributed by atoms with Gasteiger partial charge in [-0.3, -0.25) is 9.59 Å². The molecule has 0 bridgehead atoms. The van der Waals surface area contributed by atoms with E-state index in [1.807, 2.05) is 182 Å². The molecule has 1 aliphatic heterocycles. The van der Waals surface area contributed by atoms with E-state index >= 15 is 0 Å². The summed E-state index contributed by atoms with van der Waals surface area (Å²) >= 11 is 0. The Bertz CT molecular complexity index is 3020. The van der Waals surface area contributed by atoms with Gasteiger partial charge in [0.1, 0.15) is 61.5 Å². The van der Waals surface area contributed by atoms with E-state index in [-0.39, 0.29) is 65.1 Å². The van der Waals surface area contributed by atoms with E-state index in [4.69, 9.17) is 47.4 Å². The summed E-state index contributed by atoms with van der Waals surface area (Å²) in [6, 6.07) is 59.1. The van der Waals surface area contributed by atoms with Crippen LogP contribution in [0.25, 0.3) is 0 Å². The number of rotatable bonds is 53. The van der Waals surface area contributed by atoms with Gasteiger partial charge in [-0.1, -0.05) is 363 Å². The first kappa shape index (κ1) is 80.6. The lowest BCUT2D eigenvalue weighted by Crippen LogP contribution is -2.69. The number of hydrogen-bond acceptors (Lipinski definition) is 13. The van der Waals surface area contributed by atoms with E-state index in [1.54, 1.807) is 0 Å². The average molecular weight is 1390 g/mol. The Morgan fingerprint density at radius 3 is 0.911 bits per heavy atom. The summed E-state index contributed by atoms with van der Waals surface area (Å²) in [5, 5.41) is 13.5. The van der Waals surface area contributed by atoms with Crippen molar-refractivity contribution < 1.29 is 62.1 Å². The predicted octanol–water partition coefficient (Wildman–Crippen LogP) is 20.2. The fourth-order valence-corrected chi connectivity index (χ4v) is 13.8. The number of esters is 2. The van der Waals surface area contributed by atoms with E-state index in [0.29, 0.717) is 12.8 Å². The molecule has 1 saturated carbocycles. The van der Waals surface area contributed by atoms with Crippen LogP contribution in [-0.2, 0) is 96.6 Å². The molecule has 0 amide bonds. The SMILES string of the molecule is CCCCCCCCCCCCCCCCCC(=O)O[C@@H]1[C@@H](OCc2ccccc2)[C@H](OCc2ccccc2)[C@@H](OCc2ccccc2)[C@H](O)[C@@H]1O[C@H]1O[C@H](COC(=O)CCCCCCCCCCCCCCC)[C@@H](OCc2ccccc2)[C@H](OCc2ccccc2)[C@@H]1OCc1ccccc1. The number of aliphatic hydroxyl groups excluding tert-OH is 1. The van der Waals surface area contributed by atoms with Gasteiger partial charge in [-0.15, -0.1) is 0 Å². The maximum Gasteiger partial charge on any atom is 0.306 e. The largest absolute Gasteiger partial charge is 0.463 e. The fraction of sp³-hybridized carbons (Fsp3) is 0.568. The second-order valence-electron chi connectivity index (χ2n) is 28.0. The standard InChI is InChI=1S/C88H122O13/c1-3-5-7-9-11-13-15-17-18-20-22-24-26-28-48-62-78(90)100-86-82(79(91)81(94-64-71-51-37-30-38-52-71)84(96-66-73-55-41-32-42-56-73)85(86)97-67-74-57-43-33-44-58-74)101-88-87(98-68-75-59-45-34-46-60-75)83(95-65-72-53-39-31-40-54-72)80(93-63-70-49-35-29-36-50-70)76(99-88)69-92-77(89)61-47-27-25-23-21-19-16-14-12-10-8-6-4-2/h29-46,49-60,76,79-88,91H,3-28,47-48,61-69H2,1-2H3/t76-,79+,80-,81+,82+,83+,84-,85+,86+,87+,88-/m1/s1. The molecule has 0 unspecified atom stereocenters. The summed E-state index contributed by atoms with van der Waals surface area (Å²) in [7, 11) is 0. The molecule has 0 radical (unpaired) electrons. The molecule has 6 aromatic carbocycles. The van der Waals surface area contributed by atoms with Crippen molar-refractivity contribution in [1.29, 1.82) is 0 Å². The number of carbonyl (C=O) groups excluding carboxylic acids is 2. The van der Waals surface area contributed by atoms with Crippen molar-refractivity contribution >= 4 is 11.9 Å². The van der Waals surface area contributed by atoms with Crippen LogP contribution in [0.2, 0.25) is 0 Å². The Hall–Kier alpha value is -6.10. The first-order chi connectivity index (χ1) is 49.9. The quantitative estimate of drug-likeness (QED) is 0.0286. The zero-order chi connectivity index (χ0) is 70.4. The van der Waals surface area contributed by atoms with Gasteiger partial charge in [-0.05, 0) is 46.2 Å². The topological polar surface area (TPSA) is 147 Å². The molecule has 0 spiro atoms. The van der Waals surface area contributed by atoms with Crippen LogP contribution in [0, 0.1) is 0 Å². The van der Waals surface area contributed by atoms with E-state index in [1.165, 1.54) is 128 Å². The third-order valence-corrected chi connectivity index (χ3v) is 19.7. The lowest BCUT2D eigenvalue weighted by atomic mass is 9.83. The molecule has 13 nitrogen and oxygen atoms in total. The lowest BCUT2D eigenvalue weighted by Gasteiger charge is -2.51. The zero-order valence-corrected chi connectivity index (χ0v) is 61.2. The summed E-state index contributed by atoms with van der Waals surface area (Å²) in [6.45, 7) is 5.08. The summed E-state index contributed by atoms with van der Waals surface area (Å²) in [5.41, 5.74) is 5.33. The van der Waals surface area contributed by atoms with Crippen LogP contribution in [0.4, 0.5) is 0 Å². The first-order valence-electron chi connectivity index (χ1n) is 39.1. The monoisotopic (exact) mass is 1390 g/mol. The van der Waals surface area contributed by atoms with E-state index in [2.05, 4.69) is 13.8 Å². The zero-order valence-electron chi connectivity index (χ0n) is 61.2. The second kappa shape index (κ2) is 49.5. The van der Waals surface area contributed by atoms with Crippen molar-refractivity contribution in [3.63, 3.8) is 0 Å². The van der Waals surface area contributed by atoms with Crippen LogP contribution in [0.3, 0.4) is 0 Å². The summed E-state index contributed by atoms with van der Waals surface area (Å²) in [6.07, 6.45) is 21.1. The van der Waals surface area contributed by atoms with Gasteiger partial charge in [0.15, 0.2) is 12.4 Å². The van der Waals surface area contributed by atoms with Crippen molar-refractivity contribution in [2.24, 2.45) is 0 Å². The van der Waals surface area contributed by atoms with E-state index in [9.17, 15) is 14.7 Å². The van der Waals surface area contributed by atoms with Gasteiger partial charge in [-0.2, -0.15) is 0 Å². The van der Waals surface area contributed by atoms with Crippen molar-refractivity contribution in [1.82, 2.24) is 0 Å². The van der Waals surface area contributed by atoms with Gasteiger partial charge < -0.3 is 52.5 Å². The molecule has 552 valence electrons. The maximum absolute atomic E-state index is 14.9. The molecule has 1 aliphatic carbocycles. The molecule has 101 heavy (non-hydrogen) atoms. The van der Waals surface area contributed by atoms with Gasteiger partial charge in [0, 0.05) is 12.8 Å². The van der Waals surface area contributed by atoms with Gasteiger partial charge in [0.05, 0.1) is 39.6 Å². The molecule has 1 saturated heterocycles. The van der Waals surface area contributed by atoms with Gasteiger partial charge >= 0.3 is 11.9 Å². The third-order valence-electron chi connectivity index (χ3n) is 19.7. The van der Waals surface area contributed by atoms with Crippen LogP contribution >= 0.6 is 0 Å². The second-order valence-corrected chi connectivity index (χ2v) is 28.0. The van der Waals surface area contributed by atoms with Crippen molar-refractivity contribution in [3.8, 4) is 0 Å². The highest BCUT2D eigenvalue weighted by Crippen LogP contribution is 2.39. The number of carbonyl (C=O) groups is 2. The molecule has 13 heteroatoms. The van der Waals surface area contributed by atoms with Crippen LogP contribution in [0.15, 0.2) is 182 Å². The molecule has 11 atom stereocenters. The van der Waals surface area contributed by atoms with Crippen LogP contribution in [-0.4, -0.2) is 91.0 Å². The Morgan fingerprint density at radius 2 is 0.574 bits per heavy atom.